The zero-order valence-electron chi connectivity index (χ0n) is 12.6. The molecule has 0 saturated carbocycles. The number of phenols is 1. The zero-order chi connectivity index (χ0) is 15.6. The van der Waals surface area contributed by atoms with Crippen molar-refractivity contribution in [3.05, 3.63) is 29.8 Å². The SMILES string of the molecule is CC(C)(C)OC(=O)[C@@H]1CCCN1C(=O)c1ccc(O)cc1. The van der Waals surface area contributed by atoms with E-state index in [1.165, 1.54) is 12.1 Å². The minimum absolute atomic E-state index is 0.108. The summed E-state index contributed by atoms with van der Waals surface area (Å²) in [5.41, 5.74) is -0.101. The van der Waals surface area contributed by atoms with E-state index in [4.69, 9.17) is 4.74 Å². The summed E-state index contributed by atoms with van der Waals surface area (Å²) in [6.45, 7) is 5.98. The Bertz CT molecular complexity index is 530. The molecule has 1 saturated heterocycles. The summed E-state index contributed by atoms with van der Waals surface area (Å²) in [6.07, 6.45) is 1.41. The maximum atomic E-state index is 12.5. The number of esters is 1. The van der Waals surface area contributed by atoms with Crippen molar-refractivity contribution >= 4 is 11.9 Å². The van der Waals surface area contributed by atoms with Gasteiger partial charge in [-0.3, -0.25) is 4.79 Å². The first-order chi connectivity index (χ1) is 9.78. The molecule has 21 heavy (non-hydrogen) atoms. The standard InChI is InChI=1S/C16H21NO4/c1-16(2,3)21-15(20)13-5-4-10-17(13)14(19)11-6-8-12(18)9-7-11/h6-9,13,18H,4-5,10H2,1-3H3/t13-/m0/s1. The minimum atomic E-state index is -0.563. The van der Waals surface area contributed by atoms with Crippen LogP contribution in [0.1, 0.15) is 44.0 Å². The molecular weight excluding hydrogens is 270 g/mol. The topological polar surface area (TPSA) is 66.8 Å². The summed E-state index contributed by atoms with van der Waals surface area (Å²) < 4.78 is 5.38. The summed E-state index contributed by atoms with van der Waals surface area (Å²) in [4.78, 5) is 26.2. The van der Waals surface area contributed by atoms with Crippen LogP contribution in [0.5, 0.6) is 5.75 Å². The molecule has 1 N–H and O–H groups in total. The fourth-order valence-corrected chi connectivity index (χ4v) is 2.39. The number of carbonyl (C=O) groups is 2. The van der Waals surface area contributed by atoms with E-state index in [9.17, 15) is 14.7 Å². The van der Waals surface area contributed by atoms with Gasteiger partial charge in [0.05, 0.1) is 0 Å². The van der Waals surface area contributed by atoms with E-state index in [1.807, 2.05) is 20.8 Å². The van der Waals surface area contributed by atoms with Crippen molar-refractivity contribution in [3.8, 4) is 5.75 Å². The van der Waals surface area contributed by atoms with Crippen LogP contribution in [0.2, 0.25) is 0 Å². The molecule has 114 valence electrons. The van der Waals surface area contributed by atoms with Crippen LogP contribution in [0.25, 0.3) is 0 Å². The molecule has 0 spiro atoms. The van der Waals surface area contributed by atoms with Crippen molar-refractivity contribution in [3.63, 3.8) is 0 Å². The highest BCUT2D eigenvalue weighted by atomic mass is 16.6. The van der Waals surface area contributed by atoms with Crippen LogP contribution in [-0.4, -0.2) is 40.1 Å². The molecule has 0 aliphatic carbocycles. The van der Waals surface area contributed by atoms with E-state index < -0.39 is 11.6 Å². The highest BCUT2D eigenvalue weighted by molar-refractivity contribution is 5.97. The summed E-state index contributed by atoms with van der Waals surface area (Å²) >= 11 is 0. The molecule has 1 atom stereocenters. The van der Waals surface area contributed by atoms with Gasteiger partial charge in [0.1, 0.15) is 17.4 Å². The number of amides is 1. The molecule has 1 fully saturated rings. The Morgan fingerprint density at radius 1 is 1.24 bits per heavy atom. The lowest BCUT2D eigenvalue weighted by atomic mass is 10.1. The van der Waals surface area contributed by atoms with E-state index in [1.54, 1.807) is 17.0 Å². The fourth-order valence-electron chi connectivity index (χ4n) is 2.39. The molecule has 0 radical (unpaired) electrons. The molecular formula is C16H21NO4. The number of hydrogen-bond donors (Lipinski definition) is 1. The second-order valence-electron chi connectivity index (χ2n) is 6.24. The fraction of sp³-hybridized carbons (Fsp3) is 0.500. The van der Waals surface area contributed by atoms with Gasteiger partial charge in [-0.1, -0.05) is 0 Å². The Balaban J connectivity index is 2.13. The number of nitrogens with zero attached hydrogens (tertiary/aromatic N) is 1. The van der Waals surface area contributed by atoms with Crippen LogP contribution in [-0.2, 0) is 9.53 Å². The lowest BCUT2D eigenvalue weighted by molar-refractivity contribution is -0.159. The molecule has 1 heterocycles. The van der Waals surface area contributed by atoms with Crippen molar-refractivity contribution in [1.82, 2.24) is 4.90 Å². The predicted octanol–water partition coefficient (Wildman–Crippen LogP) is 2.34. The van der Waals surface area contributed by atoms with Gasteiger partial charge in [0.25, 0.3) is 5.91 Å². The van der Waals surface area contributed by atoms with Crippen molar-refractivity contribution in [2.24, 2.45) is 0 Å². The molecule has 1 aromatic rings. The smallest absolute Gasteiger partial charge is 0.329 e. The number of carbonyl (C=O) groups excluding carboxylic acids is 2. The highest BCUT2D eigenvalue weighted by Gasteiger charge is 2.37. The largest absolute Gasteiger partial charge is 0.508 e. The van der Waals surface area contributed by atoms with Gasteiger partial charge in [-0.25, -0.2) is 4.79 Å². The van der Waals surface area contributed by atoms with Gasteiger partial charge in [-0.2, -0.15) is 0 Å². The molecule has 1 aromatic carbocycles. The number of rotatable bonds is 2. The number of aromatic hydroxyl groups is 1. The number of phenolic OH excluding ortho intramolecular Hbond substituents is 1. The molecule has 1 aliphatic heterocycles. The van der Waals surface area contributed by atoms with Crippen molar-refractivity contribution in [2.75, 3.05) is 6.54 Å². The third-order valence-corrected chi connectivity index (χ3v) is 3.31. The van der Waals surface area contributed by atoms with Crippen LogP contribution in [0, 0.1) is 0 Å². The first kappa shape index (κ1) is 15.4. The Labute approximate surface area is 124 Å². The Kier molecular flexibility index (Phi) is 4.21. The van der Waals surface area contributed by atoms with Gasteiger partial charge in [0.2, 0.25) is 0 Å². The van der Waals surface area contributed by atoms with Gasteiger partial charge in [0, 0.05) is 12.1 Å². The minimum Gasteiger partial charge on any atom is -0.508 e. The average Bonchev–Trinajstić information content (AvgIpc) is 2.86. The number of hydrogen-bond acceptors (Lipinski definition) is 4. The van der Waals surface area contributed by atoms with Gasteiger partial charge in [-0.15, -0.1) is 0 Å². The molecule has 0 unspecified atom stereocenters. The molecule has 5 heteroatoms. The molecule has 2 rings (SSSR count). The molecule has 0 aromatic heterocycles. The summed E-state index contributed by atoms with van der Waals surface area (Å²) in [5.74, 6) is -0.452. The van der Waals surface area contributed by atoms with Crippen LogP contribution in [0.15, 0.2) is 24.3 Å². The molecule has 5 nitrogen and oxygen atoms in total. The quantitative estimate of drug-likeness (QED) is 0.849. The lowest BCUT2D eigenvalue weighted by Gasteiger charge is -2.27. The van der Waals surface area contributed by atoms with E-state index >= 15 is 0 Å². The van der Waals surface area contributed by atoms with E-state index in [2.05, 4.69) is 0 Å². The second-order valence-corrected chi connectivity index (χ2v) is 6.24. The number of ether oxygens (including phenoxy) is 1. The lowest BCUT2D eigenvalue weighted by Crippen LogP contribution is -2.43. The van der Waals surface area contributed by atoms with E-state index in [0.29, 0.717) is 18.5 Å². The molecule has 0 bridgehead atoms. The van der Waals surface area contributed by atoms with Crippen molar-refractivity contribution in [2.45, 2.75) is 45.3 Å². The van der Waals surface area contributed by atoms with Crippen molar-refractivity contribution < 1.29 is 19.4 Å². The summed E-state index contributed by atoms with van der Waals surface area (Å²) in [6, 6.07) is 5.52. The van der Waals surface area contributed by atoms with Gasteiger partial charge < -0.3 is 14.7 Å². The maximum Gasteiger partial charge on any atom is 0.329 e. The van der Waals surface area contributed by atoms with Gasteiger partial charge in [0.15, 0.2) is 0 Å². The maximum absolute atomic E-state index is 12.5. The van der Waals surface area contributed by atoms with Gasteiger partial charge in [-0.05, 0) is 57.9 Å². The highest BCUT2D eigenvalue weighted by Crippen LogP contribution is 2.23. The number of benzene rings is 1. The molecule has 1 aliphatic rings. The average molecular weight is 291 g/mol. The number of likely N-dealkylation sites (tertiary alicyclic amines) is 1. The zero-order valence-corrected chi connectivity index (χ0v) is 12.6. The third kappa shape index (κ3) is 3.74. The van der Waals surface area contributed by atoms with E-state index in [0.717, 1.165) is 6.42 Å². The van der Waals surface area contributed by atoms with Gasteiger partial charge >= 0.3 is 5.97 Å². The monoisotopic (exact) mass is 291 g/mol. The molecule has 1 amide bonds. The predicted molar refractivity (Wildman–Crippen MR) is 78.0 cm³/mol. The Morgan fingerprint density at radius 2 is 1.86 bits per heavy atom. The normalized spacial score (nSPS) is 18.6. The van der Waals surface area contributed by atoms with Crippen LogP contribution >= 0.6 is 0 Å². The van der Waals surface area contributed by atoms with E-state index in [-0.39, 0.29) is 17.6 Å². The first-order valence-corrected chi connectivity index (χ1v) is 7.11. The Morgan fingerprint density at radius 3 is 2.43 bits per heavy atom. The summed E-state index contributed by atoms with van der Waals surface area (Å²) in [7, 11) is 0. The van der Waals surface area contributed by atoms with Crippen LogP contribution < -0.4 is 0 Å². The Hall–Kier alpha value is -2.04. The van der Waals surface area contributed by atoms with Crippen LogP contribution in [0.3, 0.4) is 0 Å². The van der Waals surface area contributed by atoms with Crippen molar-refractivity contribution in [1.29, 1.82) is 0 Å². The second kappa shape index (κ2) is 5.76. The summed E-state index contributed by atoms with van der Waals surface area (Å²) in [5, 5.41) is 9.27. The third-order valence-electron chi connectivity index (χ3n) is 3.31. The first-order valence-electron chi connectivity index (χ1n) is 7.11. The van der Waals surface area contributed by atoms with Crippen LogP contribution in [0.4, 0.5) is 0 Å².